The van der Waals surface area contributed by atoms with E-state index in [1.54, 1.807) is 12.1 Å². The number of nitrogens with two attached hydrogens (primary N) is 1. The monoisotopic (exact) mass is 220 g/mol. The number of nitrogens with zero attached hydrogens (tertiary/aromatic N) is 1. The van der Waals surface area contributed by atoms with Crippen molar-refractivity contribution in [2.75, 3.05) is 6.54 Å². The summed E-state index contributed by atoms with van der Waals surface area (Å²) in [5.41, 5.74) is 6.80. The summed E-state index contributed by atoms with van der Waals surface area (Å²) in [7, 11) is 0. The van der Waals surface area contributed by atoms with Gasteiger partial charge in [0.15, 0.2) is 0 Å². The predicted molar refractivity (Wildman–Crippen MR) is 56.8 cm³/mol. The lowest BCUT2D eigenvalue weighted by atomic mass is 9.90. The molecule has 0 spiro atoms. The van der Waals surface area contributed by atoms with Gasteiger partial charge >= 0.3 is 12.0 Å². The molecular weight excluding hydrogens is 208 g/mol. The van der Waals surface area contributed by atoms with Gasteiger partial charge in [-0.2, -0.15) is 0 Å². The van der Waals surface area contributed by atoms with Crippen LogP contribution in [0.15, 0.2) is 24.3 Å². The number of aliphatic carboxylic acids is 1. The summed E-state index contributed by atoms with van der Waals surface area (Å²) in [6.07, 6.45) is 0. The van der Waals surface area contributed by atoms with E-state index in [0.717, 1.165) is 11.1 Å². The molecule has 0 saturated carbocycles. The molecule has 1 heterocycles. The Labute approximate surface area is 92.5 Å². The number of primary amides is 1. The molecule has 2 rings (SSSR count). The second kappa shape index (κ2) is 3.84. The van der Waals surface area contributed by atoms with Crippen LogP contribution in [0.4, 0.5) is 4.79 Å². The average molecular weight is 220 g/mol. The largest absolute Gasteiger partial charge is 0.481 e. The maximum atomic E-state index is 11.1. The van der Waals surface area contributed by atoms with Gasteiger partial charge in [0.1, 0.15) is 0 Å². The highest BCUT2D eigenvalue weighted by atomic mass is 16.4. The Hall–Kier alpha value is -2.04. The molecule has 0 aliphatic carbocycles. The van der Waals surface area contributed by atoms with E-state index in [-0.39, 0.29) is 6.54 Å². The lowest BCUT2D eigenvalue weighted by Crippen LogP contribution is -2.43. The van der Waals surface area contributed by atoms with Crippen molar-refractivity contribution >= 4 is 12.0 Å². The second-order valence-corrected chi connectivity index (χ2v) is 3.81. The number of urea groups is 1. The maximum absolute atomic E-state index is 11.1. The van der Waals surface area contributed by atoms with Crippen LogP contribution in [-0.4, -0.2) is 28.6 Å². The van der Waals surface area contributed by atoms with Crippen LogP contribution >= 0.6 is 0 Å². The first-order valence-electron chi connectivity index (χ1n) is 4.94. The summed E-state index contributed by atoms with van der Waals surface area (Å²) in [4.78, 5) is 23.5. The Kier molecular flexibility index (Phi) is 2.52. The molecule has 1 unspecified atom stereocenters. The van der Waals surface area contributed by atoms with Crippen molar-refractivity contribution in [2.45, 2.75) is 12.5 Å². The first-order chi connectivity index (χ1) is 7.59. The van der Waals surface area contributed by atoms with Gasteiger partial charge in [0, 0.05) is 13.1 Å². The van der Waals surface area contributed by atoms with Crippen LogP contribution in [0.2, 0.25) is 0 Å². The van der Waals surface area contributed by atoms with Crippen LogP contribution in [0.5, 0.6) is 0 Å². The van der Waals surface area contributed by atoms with E-state index < -0.39 is 17.9 Å². The van der Waals surface area contributed by atoms with Gasteiger partial charge in [0.2, 0.25) is 0 Å². The molecule has 0 radical (unpaired) electrons. The minimum absolute atomic E-state index is 0.141. The fourth-order valence-corrected chi connectivity index (χ4v) is 1.99. The number of hydrogen-bond donors (Lipinski definition) is 2. The van der Waals surface area contributed by atoms with Crippen LogP contribution in [0.1, 0.15) is 17.0 Å². The molecule has 0 saturated heterocycles. The van der Waals surface area contributed by atoms with Crippen molar-refractivity contribution < 1.29 is 14.7 Å². The Morgan fingerprint density at radius 3 is 2.69 bits per heavy atom. The summed E-state index contributed by atoms with van der Waals surface area (Å²) in [6, 6.07) is 6.64. The van der Waals surface area contributed by atoms with Gasteiger partial charge < -0.3 is 15.7 Å². The number of rotatable bonds is 1. The molecule has 0 aromatic heterocycles. The van der Waals surface area contributed by atoms with Crippen LogP contribution in [-0.2, 0) is 11.3 Å². The summed E-state index contributed by atoms with van der Waals surface area (Å²) in [6.45, 7) is 0.525. The average Bonchev–Trinajstić information content (AvgIpc) is 2.27. The number of carbonyl (C=O) groups excluding carboxylic acids is 1. The lowest BCUT2D eigenvalue weighted by molar-refractivity contribution is -0.139. The standard InChI is InChI=1S/C11H12N2O3/c12-11(16)13-5-7-3-1-2-4-8(7)9(6-13)10(14)15/h1-4,9H,5-6H2,(H2,12,16)(H,14,15). The molecule has 5 heteroatoms. The first-order valence-corrected chi connectivity index (χ1v) is 4.94. The molecule has 84 valence electrons. The topological polar surface area (TPSA) is 83.6 Å². The Bertz CT molecular complexity index is 445. The number of benzene rings is 1. The minimum atomic E-state index is -0.932. The van der Waals surface area contributed by atoms with Crippen molar-refractivity contribution in [3.63, 3.8) is 0 Å². The third-order valence-electron chi connectivity index (χ3n) is 2.80. The van der Waals surface area contributed by atoms with E-state index in [9.17, 15) is 9.59 Å². The molecule has 0 fully saturated rings. The molecule has 0 bridgehead atoms. The Morgan fingerprint density at radius 1 is 1.38 bits per heavy atom. The number of carbonyl (C=O) groups is 2. The Morgan fingerprint density at radius 2 is 2.06 bits per heavy atom. The fourth-order valence-electron chi connectivity index (χ4n) is 1.99. The van der Waals surface area contributed by atoms with Gasteiger partial charge in [-0.15, -0.1) is 0 Å². The first kappa shape index (κ1) is 10.5. The predicted octanol–water partition coefficient (Wildman–Crippen LogP) is 0.749. The van der Waals surface area contributed by atoms with E-state index in [1.807, 2.05) is 12.1 Å². The van der Waals surface area contributed by atoms with Gasteiger partial charge in [0.25, 0.3) is 0 Å². The van der Waals surface area contributed by atoms with Crippen LogP contribution < -0.4 is 5.73 Å². The van der Waals surface area contributed by atoms with Gasteiger partial charge in [-0.1, -0.05) is 24.3 Å². The normalized spacial score (nSPS) is 19.0. The molecule has 1 aromatic rings. The highest BCUT2D eigenvalue weighted by molar-refractivity contribution is 5.80. The van der Waals surface area contributed by atoms with E-state index in [4.69, 9.17) is 10.8 Å². The molecule has 1 aliphatic heterocycles. The van der Waals surface area contributed by atoms with Crippen molar-refractivity contribution in [2.24, 2.45) is 5.73 Å². The quantitative estimate of drug-likeness (QED) is 0.732. The molecule has 1 aliphatic rings. The molecular formula is C11H12N2O3. The summed E-state index contributed by atoms with van der Waals surface area (Å²) < 4.78 is 0. The molecule has 2 amide bonds. The molecule has 16 heavy (non-hydrogen) atoms. The van der Waals surface area contributed by atoms with E-state index in [0.29, 0.717) is 6.54 Å². The van der Waals surface area contributed by atoms with Crippen molar-refractivity contribution in [3.05, 3.63) is 35.4 Å². The zero-order chi connectivity index (χ0) is 11.7. The maximum Gasteiger partial charge on any atom is 0.315 e. The van der Waals surface area contributed by atoms with Crippen LogP contribution in [0, 0.1) is 0 Å². The van der Waals surface area contributed by atoms with E-state index in [2.05, 4.69) is 0 Å². The number of fused-ring (bicyclic) bond motifs is 1. The third-order valence-corrected chi connectivity index (χ3v) is 2.80. The summed E-state index contributed by atoms with van der Waals surface area (Å²) >= 11 is 0. The number of carboxylic acids is 1. The highest BCUT2D eigenvalue weighted by Crippen LogP contribution is 2.28. The van der Waals surface area contributed by atoms with E-state index in [1.165, 1.54) is 4.90 Å². The fraction of sp³-hybridized carbons (Fsp3) is 0.273. The number of hydrogen-bond acceptors (Lipinski definition) is 2. The Balaban J connectivity index is 2.41. The summed E-state index contributed by atoms with van der Waals surface area (Å²) in [5, 5.41) is 9.11. The molecule has 1 aromatic carbocycles. The SMILES string of the molecule is NC(=O)N1Cc2ccccc2C(C(=O)O)C1. The zero-order valence-corrected chi connectivity index (χ0v) is 8.59. The zero-order valence-electron chi connectivity index (χ0n) is 8.59. The number of carboxylic acid groups (broad SMARTS) is 1. The van der Waals surface area contributed by atoms with Crippen molar-refractivity contribution in [1.29, 1.82) is 0 Å². The summed E-state index contributed by atoms with van der Waals surface area (Å²) in [5.74, 6) is -1.61. The van der Waals surface area contributed by atoms with Gasteiger partial charge in [-0.25, -0.2) is 4.79 Å². The lowest BCUT2D eigenvalue weighted by Gasteiger charge is -2.31. The van der Waals surface area contributed by atoms with Crippen LogP contribution in [0.25, 0.3) is 0 Å². The molecule has 5 nitrogen and oxygen atoms in total. The highest BCUT2D eigenvalue weighted by Gasteiger charge is 2.31. The van der Waals surface area contributed by atoms with Gasteiger partial charge in [-0.3, -0.25) is 4.79 Å². The molecule has 3 N–H and O–H groups in total. The minimum Gasteiger partial charge on any atom is -0.481 e. The number of amides is 2. The van der Waals surface area contributed by atoms with Crippen molar-refractivity contribution in [3.8, 4) is 0 Å². The van der Waals surface area contributed by atoms with E-state index >= 15 is 0 Å². The molecule has 1 atom stereocenters. The van der Waals surface area contributed by atoms with Crippen molar-refractivity contribution in [1.82, 2.24) is 4.90 Å². The van der Waals surface area contributed by atoms with Gasteiger partial charge in [0.05, 0.1) is 5.92 Å². The third kappa shape index (κ3) is 1.71. The van der Waals surface area contributed by atoms with Crippen LogP contribution in [0.3, 0.4) is 0 Å². The van der Waals surface area contributed by atoms with Gasteiger partial charge in [-0.05, 0) is 11.1 Å². The smallest absolute Gasteiger partial charge is 0.315 e. The second-order valence-electron chi connectivity index (χ2n) is 3.81.